The Morgan fingerprint density at radius 3 is 2.50 bits per heavy atom. The molecule has 0 amide bonds. The first-order valence-corrected chi connectivity index (χ1v) is 4.75. The highest BCUT2D eigenvalue weighted by Gasteiger charge is 2.43. The van der Waals surface area contributed by atoms with E-state index in [4.69, 9.17) is 0 Å². The topological polar surface area (TPSA) is 43.4 Å². The van der Waals surface area contributed by atoms with E-state index >= 15 is 0 Å². The lowest BCUT2D eigenvalue weighted by Crippen LogP contribution is -2.21. The van der Waals surface area contributed by atoms with Crippen molar-refractivity contribution in [3.63, 3.8) is 0 Å². The lowest BCUT2D eigenvalue weighted by molar-refractivity contribution is -0.153. The second-order valence-electron chi connectivity index (χ2n) is 2.97. The van der Waals surface area contributed by atoms with Crippen molar-refractivity contribution in [2.45, 2.75) is 30.5 Å². The molecule has 0 bridgehead atoms. The summed E-state index contributed by atoms with van der Waals surface area (Å²) in [6, 6.07) is 0. The third kappa shape index (κ3) is 2.59. The van der Waals surface area contributed by atoms with E-state index in [1.165, 1.54) is 0 Å². The first-order valence-electron chi connectivity index (χ1n) is 3.96. The summed E-state index contributed by atoms with van der Waals surface area (Å²) in [5.41, 5.74) is 0. The predicted molar refractivity (Wildman–Crippen MR) is 47.1 cm³/mol. The Bertz CT molecular complexity index is 208. The van der Waals surface area contributed by atoms with Crippen LogP contribution in [0, 0.1) is 0 Å². The fourth-order valence-corrected chi connectivity index (χ4v) is 1.34. The van der Waals surface area contributed by atoms with Crippen molar-refractivity contribution in [1.82, 2.24) is 0 Å². The molecule has 12 heavy (non-hydrogen) atoms. The number of ether oxygens (including phenoxy) is 1. The van der Waals surface area contributed by atoms with E-state index < -0.39 is 11.8 Å². The molecule has 0 unspecified atom stereocenters. The van der Waals surface area contributed by atoms with E-state index in [1.54, 1.807) is 6.92 Å². The van der Waals surface area contributed by atoms with Crippen molar-refractivity contribution in [2.75, 3.05) is 6.61 Å². The zero-order valence-electron chi connectivity index (χ0n) is 6.93. The maximum atomic E-state index is 11.1. The molecule has 1 rings (SSSR count). The lowest BCUT2D eigenvalue weighted by Gasteiger charge is -2.03. The number of halogens is 1. The molecule has 0 aromatic rings. The Morgan fingerprint density at radius 2 is 2.08 bits per heavy atom. The molecule has 0 aromatic carbocycles. The summed E-state index contributed by atoms with van der Waals surface area (Å²) in [6.07, 6.45) is 2.21. The van der Waals surface area contributed by atoms with Crippen LogP contribution >= 0.6 is 15.9 Å². The SMILES string of the molecule is CCOC(=O)C(=O)CC1(Br)CC1. The van der Waals surface area contributed by atoms with E-state index in [1.807, 2.05) is 0 Å². The number of carbonyl (C=O) groups is 2. The predicted octanol–water partition coefficient (Wildman–Crippen LogP) is 1.44. The molecular weight excluding hydrogens is 224 g/mol. The van der Waals surface area contributed by atoms with Gasteiger partial charge in [-0.2, -0.15) is 0 Å². The molecule has 0 spiro atoms. The second-order valence-corrected chi connectivity index (χ2v) is 4.65. The Balaban J connectivity index is 2.32. The van der Waals surface area contributed by atoms with Gasteiger partial charge in [0.25, 0.3) is 0 Å². The maximum Gasteiger partial charge on any atom is 0.374 e. The molecular formula is C8H11BrO3. The summed E-state index contributed by atoms with van der Waals surface area (Å²) >= 11 is 3.38. The molecule has 0 N–H and O–H groups in total. The molecule has 4 heteroatoms. The van der Waals surface area contributed by atoms with Gasteiger partial charge in [-0.1, -0.05) is 15.9 Å². The van der Waals surface area contributed by atoms with Crippen molar-refractivity contribution in [1.29, 1.82) is 0 Å². The highest BCUT2D eigenvalue weighted by molar-refractivity contribution is 9.10. The largest absolute Gasteiger partial charge is 0.460 e. The first kappa shape index (κ1) is 9.71. The van der Waals surface area contributed by atoms with Gasteiger partial charge in [0.15, 0.2) is 0 Å². The van der Waals surface area contributed by atoms with E-state index in [-0.39, 0.29) is 17.4 Å². The van der Waals surface area contributed by atoms with Crippen molar-refractivity contribution >= 4 is 27.7 Å². The summed E-state index contributed by atoms with van der Waals surface area (Å²) in [7, 11) is 0. The van der Waals surface area contributed by atoms with Crippen LogP contribution in [0.15, 0.2) is 0 Å². The molecule has 0 aliphatic heterocycles. The molecule has 1 fully saturated rings. The van der Waals surface area contributed by atoms with Crippen LogP contribution in [0.2, 0.25) is 0 Å². The van der Waals surface area contributed by atoms with Gasteiger partial charge < -0.3 is 4.74 Å². The Labute approximate surface area is 79.6 Å². The van der Waals surface area contributed by atoms with Gasteiger partial charge >= 0.3 is 5.97 Å². The summed E-state index contributed by atoms with van der Waals surface area (Å²) in [4.78, 5) is 21.9. The quantitative estimate of drug-likeness (QED) is 0.420. The zero-order chi connectivity index (χ0) is 9.19. The van der Waals surface area contributed by atoms with Crippen molar-refractivity contribution in [3.8, 4) is 0 Å². The van der Waals surface area contributed by atoms with Crippen LogP contribution in [0.1, 0.15) is 26.2 Å². The third-order valence-electron chi connectivity index (χ3n) is 1.77. The number of carbonyl (C=O) groups excluding carboxylic acids is 2. The molecule has 0 heterocycles. The van der Waals surface area contributed by atoms with Crippen LogP contribution in [-0.4, -0.2) is 22.7 Å². The minimum absolute atomic E-state index is 0.0865. The maximum absolute atomic E-state index is 11.1. The number of hydrogen-bond acceptors (Lipinski definition) is 3. The van der Waals surface area contributed by atoms with Crippen molar-refractivity contribution in [3.05, 3.63) is 0 Å². The van der Waals surface area contributed by atoms with Gasteiger partial charge in [-0.25, -0.2) is 4.79 Å². The number of alkyl halides is 1. The number of Topliss-reactive ketones (excluding diaryl/α,β-unsaturated/α-hetero) is 1. The highest BCUT2D eigenvalue weighted by Crippen LogP contribution is 2.47. The van der Waals surface area contributed by atoms with Gasteiger partial charge in [0.2, 0.25) is 5.78 Å². The molecule has 3 nitrogen and oxygen atoms in total. The minimum Gasteiger partial charge on any atom is -0.460 e. The van der Waals surface area contributed by atoms with E-state index in [0.717, 1.165) is 12.8 Å². The minimum atomic E-state index is -0.705. The van der Waals surface area contributed by atoms with Gasteiger partial charge in [0.05, 0.1) is 6.61 Å². The number of hydrogen-bond donors (Lipinski definition) is 0. The molecule has 1 aliphatic carbocycles. The van der Waals surface area contributed by atoms with Crippen LogP contribution < -0.4 is 0 Å². The van der Waals surface area contributed by atoms with Gasteiger partial charge in [-0.3, -0.25) is 4.79 Å². The first-order chi connectivity index (χ1) is 5.57. The molecule has 1 aliphatic rings. The van der Waals surface area contributed by atoms with Crippen LogP contribution in [-0.2, 0) is 14.3 Å². The second kappa shape index (κ2) is 3.56. The summed E-state index contributed by atoms with van der Waals surface area (Å²) < 4.78 is 4.48. The molecule has 68 valence electrons. The monoisotopic (exact) mass is 234 g/mol. The van der Waals surface area contributed by atoms with E-state index in [2.05, 4.69) is 20.7 Å². The van der Waals surface area contributed by atoms with Gasteiger partial charge in [-0.05, 0) is 19.8 Å². The standard InChI is InChI=1S/C8H11BrO3/c1-2-12-7(11)6(10)5-8(9)3-4-8/h2-5H2,1H3. The Morgan fingerprint density at radius 1 is 1.50 bits per heavy atom. The molecule has 0 radical (unpaired) electrons. The normalized spacial score (nSPS) is 18.5. The smallest absolute Gasteiger partial charge is 0.374 e. The van der Waals surface area contributed by atoms with Crippen LogP contribution in [0.3, 0.4) is 0 Å². The number of ketones is 1. The Kier molecular flexibility index (Phi) is 2.88. The number of rotatable bonds is 4. The van der Waals surface area contributed by atoms with E-state index in [9.17, 15) is 9.59 Å². The van der Waals surface area contributed by atoms with Gasteiger partial charge in [-0.15, -0.1) is 0 Å². The Hall–Kier alpha value is -0.380. The molecule has 0 saturated heterocycles. The molecule has 0 atom stereocenters. The molecule has 1 saturated carbocycles. The zero-order valence-corrected chi connectivity index (χ0v) is 8.52. The van der Waals surface area contributed by atoms with Gasteiger partial charge in [0.1, 0.15) is 0 Å². The summed E-state index contributed by atoms with van der Waals surface area (Å²) in [5, 5.41) is 0. The number of esters is 1. The molecule has 0 aromatic heterocycles. The fraction of sp³-hybridized carbons (Fsp3) is 0.750. The fourth-order valence-electron chi connectivity index (χ4n) is 0.884. The van der Waals surface area contributed by atoms with Crippen molar-refractivity contribution < 1.29 is 14.3 Å². The summed E-state index contributed by atoms with van der Waals surface area (Å²) in [6.45, 7) is 1.95. The third-order valence-corrected chi connectivity index (χ3v) is 2.85. The van der Waals surface area contributed by atoms with Crippen molar-refractivity contribution in [2.24, 2.45) is 0 Å². The van der Waals surface area contributed by atoms with E-state index in [0.29, 0.717) is 0 Å². The van der Waals surface area contributed by atoms with Crippen LogP contribution in [0.4, 0.5) is 0 Å². The average molecular weight is 235 g/mol. The van der Waals surface area contributed by atoms with Gasteiger partial charge in [0, 0.05) is 10.7 Å². The highest BCUT2D eigenvalue weighted by atomic mass is 79.9. The average Bonchev–Trinajstić information content (AvgIpc) is 2.68. The van der Waals surface area contributed by atoms with Crippen LogP contribution in [0.5, 0.6) is 0 Å². The lowest BCUT2D eigenvalue weighted by atomic mass is 10.2. The van der Waals surface area contributed by atoms with Crippen LogP contribution in [0.25, 0.3) is 0 Å². The summed E-state index contributed by atoms with van der Waals surface area (Å²) in [5.74, 6) is -1.13.